The van der Waals surface area contributed by atoms with Crippen molar-refractivity contribution >= 4 is 11.8 Å². The lowest BCUT2D eigenvalue weighted by molar-refractivity contribution is -0.124. The molecule has 1 N–H and O–H groups in total. The summed E-state index contributed by atoms with van der Waals surface area (Å²) in [4.78, 5) is 28.1. The van der Waals surface area contributed by atoms with Crippen LogP contribution in [0.1, 0.15) is 41.6 Å². The summed E-state index contributed by atoms with van der Waals surface area (Å²) in [6.45, 7) is 3.45. The molecule has 7 heteroatoms. The number of unbranched alkanes of at least 4 members (excludes halogenated alkanes) is 1. The van der Waals surface area contributed by atoms with E-state index in [1.54, 1.807) is 50.5 Å². The van der Waals surface area contributed by atoms with Crippen molar-refractivity contribution in [2.75, 3.05) is 41.0 Å². The Kier molecular flexibility index (Phi) is 7.98. The second-order valence-electron chi connectivity index (χ2n) is 7.91. The van der Waals surface area contributed by atoms with Gasteiger partial charge in [-0.05, 0) is 42.8 Å². The fourth-order valence-electron chi connectivity index (χ4n) is 4.14. The highest BCUT2D eigenvalue weighted by molar-refractivity contribution is 5.95. The minimum Gasteiger partial charge on any atom is -0.497 e. The maximum Gasteiger partial charge on any atom is 0.254 e. The number of ether oxygens (including phenoxy) is 3. The Balaban J connectivity index is 1.92. The van der Waals surface area contributed by atoms with Gasteiger partial charge in [0.1, 0.15) is 17.2 Å². The number of rotatable bonds is 9. The van der Waals surface area contributed by atoms with Gasteiger partial charge in [0.15, 0.2) is 0 Å². The van der Waals surface area contributed by atoms with Crippen LogP contribution in [-0.2, 0) is 4.79 Å². The summed E-state index contributed by atoms with van der Waals surface area (Å²) >= 11 is 0. The molecule has 2 amide bonds. The molecule has 0 spiro atoms. The number of benzene rings is 2. The first-order valence-corrected chi connectivity index (χ1v) is 10.9. The summed E-state index contributed by atoms with van der Waals surface area (Å²) in [5.41, 5.74) is 1.40. The highest BCUT2D eigenvalue weighted by Gasteiger charge is 2.41. The van der Waals surface area contributed by atoms with Crippen LogP contribution in [0, 0.1) is 5.92 Å². The lowest BCUT2D eigenvalue weighted by Crippen LogP contribution is -2.36. The van der Waals surface area contributed by atoms with Crippen molar-refractivity contribution in [3.8, 4) is 17.2 Å². The Bertz CT molecular complexity index is 946. The lowest BCUT2D eigenvalue weighted by atomic mass is 9.87. The molecule has 0 aliphatic carbocycles. The summed E-state index contributed by atoms with van der Waals surface area (Å²) in [7, 11) is 4.78. The second-order valence-corrected chi connectivity index (χ2v) is 7.91. The molecule has 3 rings (SSSR count). The predicted octanol–water partition coefficient (Wildman–Crippen LogP) is 3.48. The molecule has 172 valence electrons. The molecular weight excluding hydrogens is 408 g/mol. The van der Waals surface area contributed by atoms with Crippen LogP contribution in [0.25, 0.3) is 0 Å². The van der Waals surface area contributed by atoms with Crippen LogP contribution in [0.5, 0.6) is 17.2 Å². The molecule has 0 radical (unpaired) electrons. The van der Waals surface area contributed by atoms with E-state index in [1.807, 2.05) is 18.2 Å². The third kappa shape index (κ3) is 5.15. The zero-order valence-electron chi connectivity index (χ0n) is 19.2. The van der Waals surface area contributed by atoms with Gasteiger partial charge < -0.3 is 24.4 Å². The van der Waals surface area contributed by atoms with Gasteiger partial charge in [0.2, 0.25) is 5.91 Å². The number of likely N-dealkylation sites (tertiary alicyclic amines) is 1. The van der Waals surface area contributed by atoms with E-state index >= 15 is 0 Å². The number of hydrogen-bond donors (Lipinski definition) is 1. The van der Waals surface area contributed by atoms with Crippen LogP contribution in [-0.4, -0.2) is 57.7 Å². The van der Waals surface area contributed by atoms with Gasteiger partial charge in [-0.3, -0.25) is 9.59 Å². The van der Waals surface area contributed by atoms with E-state index in [2.05, 4.69) is 12.2 Å². The molecule has 32 heavy (non-hydrogen) atoms. The topological polar surface area (TPSA) is 77.1 Å². The fraction of sp³-hybridized carbons (Fsp3) is 0.440. The number of nitrogens with zero attached hydrogens (tertiary/aromatic N) is 1. The SMILES string of the molecule is CCCCNC(=O)[C@@H]1CN(C(=O)c2cccc(OC)c2)C[C@H]1c1cc(OC)ccc1OC. The number of methoxy groups -OCH3 is 3. The van der Waals surface area contributed by atoms with Crippen LogP contribution >= 0.6 is 0 Å². The van der Waals surface area contributed by atoms with Crippen molar-refractivity contribution in [3.63, 3.8) is 0 Å². The molecule has 0 unspecified atom stereocenters. The van der Waals surface area contributed by atoms with Crippen molar-refractivity contribution in [3.05, 3.63) is 53.6 Å². The third-order valence-electron chi connectivity index (χ3n) is 5.93. The average Bonchev–Trinajstić information content (AvgIpc) is 3.28. The molecule has 1 aliphatic rings. The van der Waals surface area contributed by atoms with E-state index in [4.69, 9.17) is 14.2 Å². The van der Waals surface area contributed by atoms with E-state index in [-0.39, 0.29) is 23.7 Å². The van der Waals surface area contributed by atoms with Crippen LogP contribution in [0.3, 0.4) is 0 Å². The van der Waals surface area contributed by atoms with Gasteiger partial charge in [-0.15, -0.1) is 0 Å². The zero-order chi connectivity index (χ0) is 23.1. The summed E-state index contributed by atoms with van der Waals surface area (Å²) in [5, 5.41) is 3.04. The Hall–Kier alpha value is -3.22. The molecule has 1 saturated heterocycles. The maximum atomic E-state index is 13.3. The monoisotopic (exact) mass is 440 g/mol. The third-order valence-corrected chi connectivity index (χ3v) is 5.93. The van der Waals surface area contributed by atoms with E-state index in [0.717, 1.165) is 18.4 Å². The smallest absolute Gasteiger partial charge is 0.254 e. The predicted molar refractivity (Wildman–Crippen MR) is 123 cm³/mol. The van der Waals surface area contributed by atoms with Crippen LogP contribution in [0.15, 0.2) is 42.5 Å². The highest BCUT2D eigenvalue weighted by Crippen LogP contribution is 2.40. The zero-order valence-corrected chi connectivity index (χ0v) is 19.2. The van der Waals surface area contributed by atoms with Crippen molar-refractivity contribution in [1.29, 1.82) is 0 Å². The molecule has 2 aromatic carbocycles. The molecule has 0 saturated carbocycles. The van der Waals surface area contributed by atoms with Gasteiger partial charge in [0, 0.05) is 36.7 Å². The average molecular weight is 441 g/mol. The minimum atomic E-state index is -0.387. The number of amides is 2. The van der Waals surface area contributed by atoms with Gasteiger partial charge in [-0.25, -0.2) is 0 Å². The van der Waals surface area contributed by atoms with Crippen LogP contribution < -0.4 is 19.5 Å². The molecule has 1 aliphatic heterocycles. The van der Waals surface area contributed by atoms with Gasteiger partial charge in [0.25, 0.3) is 5.91 Å². The summed E-state index contributed by atoms with van der Waals surface area (Å²) in [6.07, 6.45) is 1.91. The van der Waals surface area contributed by atoms with Gasteiger partial charge in [-0.1, -0.05) is 19.4 Å². The molecule has 2 aromatic rings. The van der Waals surface area contributed by atoms with Crippen molar-refractivity contribution in [2.24, 2.45) is 5.92 Å². The van der Waals surface area contributed by atoms with E-state index < -0.39 is 0 Å². The van der Waals surface area contributed by atoms with Gasteiger partial charge >= 0.3 is 0 Å². The van der Waals surface area contributed by atoms with Gasteiger partial charge in [-0.2, -0.15) is 0 Å². The summed E-state index contributed by atoms with van der Waals surface area (Å²) < 4.78 is 16.3. The number of carbonyl (C=O) groups is 2. The molecule has 1 heterocycles. The van der Waals surface area contributed by atoms with Gasteiger partial charge in [0.05, 0.1) is 27.2 Å². The Morgan fingerprint density at radius 3 is 2.44 bits per heavy atom. The van der Waals surface area contributed by atoms with E-state index in [1.165, 1.54) is 0 Å². The Morgan fingerprint density at radius 2 is 1.75 bits per heavy atom. The van der Waals surface area contributed by atoms with Crippen LogP contribution in [0.2, 0.25) is 0 Å². The van der Waals surface area contributed by atoms with Crippen molar-refractivity contribution in [1.82, 2.24) is 10.2 Å². The first kappa shape index (κ1) is 23.4. The summed E-state index contributed by atoms with van der Waals surface area (Å²) in [5.74, 6) is 1.21. The first-order chi connectivity index (χ1) is 15.5. The fourth-order valence-corrected chi connectivity index (χ4v) is 4.14. The molecule has 1 fully saturated rings. The molecule has 2 atom stereocenters. The summed E-state index contributed by atoms with van der Waals surface area (Å²) in [6, 6.07) is 12.6. The van der Waals surface area contributed by atoms with Crippen molar-refractivity contribution < 1.29 is 23.8 Å². The largest absolute Gasteiger partial charge is 0.497 e. The van der Waals surface area contributed by atoms with E-state index in [0.29, 0.717) is 42.4 Å². The Morgan fingerprint density at radius 1 is 1.00 bits per heavy atom. The molecule has 0 bridgehead atoms. The number of carbonyl (C=O) groups excluding carboxylic acids is 2. The first-order valence-electron chi connectivity index (χ1n) is 10.9. The quantitative estimate of drug-likeness (QED) is 0.604. The van der Waals surface area contributed by atoms with Crippen LogP contribution in [0.4, 0.5) is 0 Å². The molecule has 7 nitrogen and oxygen atoms in total. The maximum absolute atomic E-state index is 13.3. The standard InChI is InChI=1S/C25H32N2O5/c1-5-6-12-26-24(28)22-16-27(25(29)17-8-7-9-18(13-17)30-2)15-21(22)20-14-19(31-3)10-11-23(20)32-4/h7-11,13-14,21-22H,5-6,12,15-16H2,1-4H3,(H,26,28)/t21-,22+/m0/s1. The lowest BCUT2D eigenvalue weighted by Gasteiger charge is -2.21. The number of hydrogen-bond acceptors (Lipinski definition) is 5. The minimum absolute atomic E-state index is 0.0470. The molecule has 0 aromatic heterocycles. The normalized spacial score (nSPS) is 17.7. The Labute approximate surface area is 189 Å². The molecular formula is C25H32N2O5. The number of nitrogens with one attached hydrogen (secondary N) is 1. The highest BCUT2D eigenvalue weighted by atomic mass is 16.5. The van der Waals surface area contributed by atoms with Crippen molar-refractivity contribution in [2.45, 2.75) is 25.7 Å². The second kappa shape index (κ2) is 10.9. The van der Waals surface area contributed by atoms with E-state index in [9.17, 15) is 9.59 Å².